The average Bonchev–Trinajstić information content (AvgIpc) is 2.90. The van der Waals surface area contributed by atoms with Crippen LogP contribution < -0.4 is 0 Å². The summed E-state index contributed by atoms with van der Waals surface area (Å²) in [7, 11) is 0. The lowest BCUT2D eigenvalue weighted by Gasteiger charge is -2.10. The van der Waals surface area contributed by atoms with Crippen molar-refractivity contribution in [3.05, 3.63) is 86.9 Å². The third-order valence-corrected chi connectivity index (χ3v) is 4.75. The quantitative estimate of drug-likeness (QED) is 0.467. The molecule has 5 heteroatoms. The fraction of sp³-hybridized carbons (Fsp3) is 0.0952. The van der Waals surface area contributed by atoms with Crippen LogP contribution in [0.5, 0.6) is 0 Å². The standard InChI is InChI=1S/C21H15Cl2FN2/c1-13-9-16(10-17(12-25)15-3-5-18(22)6-4-15)14(2)26(13)19-7-8-21(24)20(23)11-19/h3-11H,1-2H3/b17-10+. The van der Waals surface area contributed by atoms with Crippen molar-refractivity contribution in [2.75, 3.05) is 0 Å². The highest BCUT2D eigenvalue weighted by Crippen LogP contribution is 2.27. The SMILES string of the molecule is Cc1cc(/C=C(\C#N)c2ccc(Cl)cc2)c(C)n1-c1ccc(F)c(Cl)c1. The van der Waals surface area contributed by atoms with Crippen LogP contribution in [0.25, 0.3) is 17.3 Å². The largest absolute Gasteiger partial charge is 0.318 e. The fourth-order valence-corrected chi connectivity index (χ4v) is 3.22. The normalized spacial score (nSPS) is 11.5. The molecule has 0 aliphatic heterocycles. The molecule has 130 valence electrons. The van der Waals surface area contributed by atoms with E-state index in [1.807, 2.05) is 42.7 Å². The number of aromatic nitrogens is 1. The van der Waals surface area contributed by atoms with Crippen molar-refractivity contribution < 1.29 is 4.39 Å². The van der Waals surface area contributed by atoms with Gasteiger partial charge in [-0.3, -0.25) is 0 Å². The summed E-state index contributed by atoms with van der Waals surface area (Å²) in [4.78, 5) is 0. The van der Waals surface area contributed by atoms with E-state index in [4.69, 9.17) is 23.2 Å². The second kappa shape index (κ2) is 7.37. The number of aryl methyl sites for hydroxylation is 1. The first-order valence-corrected chi connectivity index (χ1v) is 8.68. The van der Waals surface area contributed by atoms with Crippen LogP contribution in [-0.2, 0) is 0 Å². The molecule has 0 aliphatic rings. The minimum absolute atomic E-state index is 0.0750. The van der Waals surface area contributed by atoms with Gasteiger partial charge in [0.2, 0.25) is 0 Å². The van der Waals surface area contributed by atoms with Crippen LogP contribution in [0.2, 0.25) is 10.0 Å². The van der Waals surface area contributed by atoms with Gasteiger partial charge >= 0.3 is 0 Å². The Morgan fingerprint density at radius 3 is 2.38 bits per heavy atom. The molecular formula is C21H15Cl2FN2. The molecule has 26 heavy (non-hydrogen) atoms. The molecule has 3 aromatic rings. The summed E-state index contributed by atoms with van der Waals surface area (Å²) < 4.78 is 15.4. The maximum Gasteiger partial charge on any atom is 0.141 e. The molecule has 0 atom stereocenters. The van der Waals surface area contributed by atoms with E-state index in [2.05, 4.69) is 6.07 Å². The minimum atomic E-state index is -0.451. The Balaban J connectivity index is 2.08. The molecule has 2 nitrogen and oxygen atoms in total. The van der Waals surface area contributed by atoms with Crippen molar-refractivity contribution >= 4 is 34.9 Å². The first kappa shape index (κ1) is 18.3. The maximum atomic E-state index is 13.5. The van der Waals surface area contributed by atoms with E-state index in [1.54, 1.807) is 24.3 Å². The second-order valence-corrected chi connectivity index (χ2v) is 6.78. The van der Waals surface area contributed by atoms with E-state index in [1.165, 1.54) is 6.07 Å². The van der Waals surface area contributed by atoms with Crippen molar-refractivity contribution in [1.29, 1.82) is 5.26 Å². The smallest absolute Gasteiger partial charge is 0.141 e. The van der Waals surface area contributed by atoms with Gasteiger partial charge in [-0.05, 0) is 67.4 Å². The van der Waals surface area contributed by atoms with Gasteiger partial charge < -0.3 is 4.57 Å². The Labute approximate surface area is 161 Å². The van der Waals surface area contributed by atoms with Crippen molar-refractivity contribution in [1.82, 2.24) is 4.57 Å². The molecule has 0 saturated carbocycles. The van der Waals surface area contributed by atoms with E-state index in [0.717, 1.165) is 28.2 Å². The van der Waals surface area contributed by atoms with Crippen LogP contribution in [0.3, 0.4) is 0 Å². The first-order chi connectivity index (χ1) is 12.4. The van der Waals surface area contributed by atoms with Crippen molar-refractivity contribution in [3.8, 4) is 11.8 Å². The Morgan fingerprint density at radius 1 is 1.08 bits per heavy atom. The number of nitriles is 1. The number of allylic oxidation sites excluding steroid dienone is 1. The zero-order valence-electron chi connectivity index (χ0n) is 14.2. The van der Waals surface area contributed by atoms with Crippen molar-refractivity contribution in [2.24, 2.45) is 0 Å². The number of hydrogen-bond acceptors (Lipinski definition) is 1. The summed E-state index contributed by atoms with van der Waals surface area (Å²) in [6.45, 7) is 3.91. The van der Waals surface area contributed by atoms with Gasteiger partial charge in [-0.15, -0.1) is 0 Å². The van der Waals surface area contributed by atoms with Crippen LogP contribution in [0.4, 0.5) is 4.39 Å². The van der Waals surface area contributed by atoms with Crippen molar-refractivity contribution in [3.63, 3.8) is 0 Å². The molecule has 0 spiro atoms. The zero-order chi connectivity index (χ0) is 18.8. The third-order valence-electron chi connectivity index (χ3n) is 4.21. The zero-order valence-corrected chi connectivity index (χ0v) is 15.7. The van der Waals surface area contributed by atoms with Gasteiger partial charge in [0.1, 0.15) is 5.82 Å². The van der Waals surface area contributed by atoms with Gasteiger partial charge in [-0.25, -0.2) is 4.39 Å². The molecule has 0 unspecified atom stereocenters. The summed E-state index contributed by atoms with van der Waals surface area (Å²) in [5.74, 6) is -0.451. The van der Waals surface area contributed by atoms with E-state index < -0.39 is 5.82 Å². The molecule has 1 aromatic heterocycles. The molecule has 0 saturated heterocycles. The number of hydrogen-bond donors (Lipinski definition) is 0. The minimum Gasteiger partial charge on any atom is -0.318 e. The monoisotopic (exact) mass is 384 g/mol. The van der Waals surface area contributed by atoms with E-state index in [0.29, 0.717) is 10.6 Å². The predicted octanol–water partition coefficient (Wildman–Crippen LogP) is 6.60. The van der Waals surface area contributed by atoms with Crippen LogP contribution >= 0.6 is 23.2 Å². The van der Waals surface area contributed by atoms with Crippen molar-refractivity contribution in [2.45, 2.75) is 13.8 Å². The highest BCUT2D eigenvalue weighted by Gasteiger charge is 2.12. The van der Waals surface area contributed by atoms with Crippen LogP contribution in [0.1, 0.15) is 22.5 Å². The summed E-state index contributed by atoms with van der Waals surface area (Å²) in [5, 5.41) is 10.2. The van der Waals surface area contributed by atoms with Crippen LogP contribution in [-0.4, -0.2) is 4.57 Å². The highest BCUT2D eigenvalue weighted by atomic mass is 35.5. The number of halogens is 3. The van der Waals surface area contributed by atoms with Gasteiger partial charge in [-0.1, -0.05) is 35.3 Å². The van der Waals surface area contributed by atoms with Gasteiger partial charge in [0, 0.05) is 22.1 Å². The lowest BCUT2D eigenvalue weighted by molar-refractivity contribution is 0.627. The fourth-order valence-electron chi connectivity index (χ4n) is 2.92. The molecule has 0 radical (unpaired) electrons. The Morgan fingerprint density at radius 2 is 1.77 bits per heavy atom. The van der Waals surface area contributed by atoms with Gasteiger partial charge in [-0.2, -0.15) is 5.26 Å². The van der Waals surface area contributed by atoms with Crippen LogP contribution in [0, 0.1) is 31.0 Å². The predicted molar refractivity (Wildman–Crippen MR) is 105 cm³/mol. The highest BCUT2D eigenvalue weighted by molar-refractivity contribution is 6.31. The average molecular weight is 385 g/mol. The molecule has 0 bridgehead atoms. The lowest BCUT2D eigenvalue weighted by Crippen LogP contribution is -1.99. The molecule has 2 aromatic carbocycles. The summed E-state index contributed by atoms with van der Waals surface area (Å²) in [6, 6.07) is 16.0. The Kier molecular flexibility index (Phi) is 5.18. The molecule has 0 fully saturated rings. The van der Waals surface area contributed by atoms with Gasteiger partial charge in [0.25, 0.3) is 0 Å². The summed E-state index contributed by atoms with van der Waals surface area (Å²) in [6.07, 6.45) is 1.84. The van der Waals surface area contributed by atoms with E-state index in [9.17, 15) is 9.65 Å². The maximum absolute atomic E-state index is 13.5. The summed E-state index contributed by atoms with van der Waals surface area (Å²) >= 11 is 11.8. The molecule has 3 rings (SSSR count). The topological polar surface area (TPSA) is 28.7 Å². The number of rotatable bonds is 3. The molecule has 0 aliphatic carbocycles. The second-order valence-electron chi connectivity index (χ2n) is 5.94. The Hall–Kier alpha value is -2.54. The lowest BCUT2D eigenvalue weighted by atomic mass is 10.0. The summed E-state index contributed by atoms with van der Waals surface area (Å²) in [5.41, 5.74) is 4.92. The molecule has 0 N–H and O–H groups in total. The number of nitrogens with zero attached hydrogens (tertiary/aromatic N) is 2. The first-order valence-electron chi connectivity index (χ1n) is 7.93. The molecule has 0 amide bonds. The number of benzene rings is 2. The van der Waals surface area contributed by atoms with Gasteiger partial charge in [0.15, 0.2) is 0 Å². The molecular weight excluding hydrogens is 370 g/mol. The third kappa shape index (κ3) is 3.53. The van der Waals surface area contributed by atoms with E-state index in [-0.39, 0.29) is 5.02 Å². The van der Waals surface area contributed by atoms with E-state index >= 15 is 0 Å². The Bertz CT molecular complexity index is 1040. The van der Waals surface area contributed by atoms with Gasteiger partial charge in [0.05, 0.1) is 16.7 Å². The molecule has 1 heterocycles. The van der Waals surface area contributed by atoms with Crippen LogP contribution in [0.15, 0.2) is 48.5 Å².